The molecule has 106 valence electrons. The van der Waals surface area contributed by atoms with E-state index in [-0.39, 0.29) is 11.1 Å². The van der Waals surface area contributed by atoms with Gasteiger partial charge in [0.2, 0.25) is 0 Å². The first kappa shape index (κ1) is 15.9. The Labute approximate surface area is 116 Å². The molecule has 1 aromatic rings. The SMILES string of the molecule is CC(C)(C)/N=[P+](\[O-])Oc1cccc(OC(C)(C)C)c1. The van der Waals surface area contributed by atoms with Gasteiger partial charge >= 0.3 is 8.17 Å². The van der Waals surface area contributed by atoms with Crippen LogP contribution < -0.4 is 14.2 Å². The van der Waals surface area contributed by atoms with E-state index < -0.39 is 8.17 Å². The van der Waals surface area contributed by atoms with Crippen molar-refractivity contribution in [2.24, 2.45) is 4.74 Å². The molecule has 0 heterocycles. The molecular formula is C14H22NO3P. The summed E-state index contributed by atoms with van der Waals surface area (Å²) in [5.74, 6) is 1.18. The lowest BCUT2D eigenvalue weighted by Crippen LogP contribution is -2.22. The summed E-state index contributed by atoms with van der Waals surface area (Å²) in [7, 11) is -2.07. The van der Waals surface area contributed by atoms with Gasteiger partial charge in [-0.2, -0.15) is 0 Å². The Morgan fingerprint density at radius 1 is 1.05 bits per heavy atom. The molecule has 0 aromatic heterocycles. The van der Waals surface area contributed by atoms with Gasteiger partial charge in [-0.25, -0.2) is 0 Å². The Hall–Kier alpha value is -1.12. The molecule has 0 aliphatic rings. The number of ether oxygens (including phenoxy) is 1. The predicted molar refractivity (Wildman–Crippen MR) is 76.6 cm³/mol. The van der Waals surface area contributed by atoms with Gasteiger partial charge in [0.25, 0.3) is 0 Å². The first-order valence-corrected chi connectivity index (χ1v) is 7.35. The second kappa shape index (κ2) is 5.89. The molecule has 0 N–H and O–H groups in total. The Morgan fingerprint density at radius 2 is 1.63 bits per heavy atom. The Kier molecular flexibility index (Phi) is 4.94. The molecule has 1 atom stereocenters. The minimum absolute atomic E-state index is 0.281. The van der Waals surface area contributed by atoms with Crippen molar-refractivity contribution in [3.05, 3.63) is 24.3 Å². The van der Waals surface area contributed by atoms with Crippen LogP contribution in [0.3, 0.4) is 0 Å². The van der Waals surface area contributed by atoms with Gasteiger partial charge in [0, 0.05) is 6.07 Å². The number of rotatable bonds is 3. The average molecular weight is 283 g/mol. The summed E-state index contributed by atoms with van der Waals surface area (Å²) in [5, 5.41) is 0. The fourth-order valence-electron chi connectivity index (χ4n) is 1.30. The summed E-state index contributed by atoms with van der Waals surface area (Å²) >= 11 is 0. The van der Waals surface area contributed by atoms with Gasteiger partial charge in [-0.3, -0.25) is 4.52 Å². The quantitative estimate of drug-likeness (QED) is 0.790. The van der Waals surface area contributed by atoms with Crippen LogP contribution in [0.4, 0.5) is 0 Å². The highest BCUT2D eigenvalue weighted by molar-refractivity contribution is 7.34. The van der Waals surface area contributed by atoms with Crippen LogP contribution in [0.1, 0.15) is 41.5 Å². The van der Waals surface area contributed by atoms with E-state index in [0.29, 0.717) is 11.5 Å². The van der Waals surface area contributed by atoms with Crippen molar-refractivity contribution in [1.29, 1.82) is 0 Å². The minimum Gasteiger partial charge on any atom is -0.575 e. The van der Waals surface area contributed by atoms with Gasteiger partial charge in [-0.15, -0.1) is 0 Å². The van der Waals surface area contributed by atoms with Gasteiger partial charge in [0.15, 0.2) is 5.75 Å². The first-order chi connectivity index (χ1) is 8.55. The number of hydrogen-bond donors (Lipinski definition) is 0. The van der Waals surface area contributed by atoms with Crippen LogP contribution in [0.5, 0.6) is 11.5 Å². The molecule has 0 saturated carbocycles. The van der Waals surface area contributed by atoms with E-state index in [1.807, 2.05) is 47.6 Å². The molecule has 0 amide bonds. The normalized spacial score (nSPS) is 13.3. The summed E-state index contributed by atoms with van der Waals surface area (Å²) in [6.07, 6.45) is 0. The highest BCUT2D eigenvalue weighted by Gasteiger charge is 2.16. The van der Waals surface area contributed by atoms with Crippen LogP contribution >= 0.6 is 8.17 Å². The van der Waals surface area contributed by atoms with E-state index in [2.05, 4.69) is 4.74 Å². The van der Waals surface area contributed by atoms with E-state index in [1.54, 1.807) is 18.2 Å². The van der Waals surface area contributed by atoms with E-state index in [1.165, 1.54) is 0 Å². The van der Waals surface area contributed by atoms with Crippen LogP contribution in [0.15, 0.2) is 29.0 Å². The van der Waals surface area contributed by atoms with Crippen molar-refractivity contribution < 1.29 is 14.2 Å². The molecule has 0 fully saturated rings. The highest BCUT2D eigenvalue weighted by atomic mass is 31.1. The summed E-state index contributed by atoms with van der Waals surface area (Å²) in [4.78, 5) is 11.7. The molecule has 1 aromatic carbocycles. The second-order valence-electron chi connectivity index (χ2n) is 6.29. The maximum Gasteiger partial charge on any atom is 0.395 e. The van der Waals surface area contributed by atoms with Crippen molar-refractivity contribution in [2.75, 3.05) is 0 Å². The Bertz CT molecular complexity index is 458. The van der Waals surface area contributed by atoms with Crippen LogP contribution in [0.25, 0.3) is 0 Å². The molecule has 1 unspecified atom stereocenters. The molecule has 4 nitrogen and oxygen atoms in total. The van der Waals surface area contributed by atoms with Crippen molar-refractivity contribution in [1.82, 2.24) is 0 Å². The largest absolute Gasteiger partial charge is 0.575 e. The molecule has 0 saturated heterocycles. The lowest BCUT2D eigenvalue weighted by atomic mass is 10.1. The summed E-state index contributed by atoms with van der Waals surface area (Å²) in [6.45, 7) is 11.5. The highest BCUT2D eigenvalue weighted by Crippen LogP contribution is 2.30. The van der Waals surface area contributed by atoms with Crippen molar-refractivity contribution in [3.63, 3.8) is 0 Å². The summed E-state index contributed by atoms with van der Waals surface area (Å²) in [6, 6.07) is 7.10. The number of benzene rings is 1. The Balaban J connectivity index is 2.81. The fourth-order valence-corrected chi connectivity index (χ4v) is 2.13. The van der Waals surface area contributed by atoms with Gasteiger partial charge in [0.1, 0.15) is 11.4 Å². The van der Waals surface area contributed by atoms with E-state index in [0.717, 1.165) is 0 Å². The molecule has 0 aliphatic carbocycles. The van der Waals surface area contributed by atoms with Crippen molar-refractivity contribution >= 4 is 8.17 Å². The third-order valence-corrected chi connectivity index (χ3v) is 2.92. The summed E-state index contributed by atoms with van der Waals surface area (Å²) < 4.78 is 15.1. The van der Waals surface area contributed by atoms with E-state index in [4.69, 9.17) is 9.26 Å². The maximum atomic E-state index is 11.7. The van der Waals surface area contributed by atoms with Crippen molar-refractivity contribution in [3.8, 4) is 11.5 Å². The zero-order valence-corrected chi connectivity index (χ0v) is 13.3. The van der Waals surface area contributed by atoms with Crippen molar-refractivity contribution in [2.45, 2.75) is 52.7 Å². The molecule has 5 heteroatoms. The van der Waals surface area contributed by atoms with Gasteiger partial charge in [-0.05, 0) is 53.7 Å². The predicted octanol–water partition coefficient (Wildman–Crippen LogP) is 3.90. The standard InChI is InChI=1S/C14H22NO3P/c1-13(2,3)15-19(16)18-12-9-7-8-11(10-12)17-14(4,5)6/h7-10H,1-6H3. The van der Waals surface area contributed by atoms with Crippen LogP contribution in [0.2, 0.25) is 0 Å². The number of nitrogens with zero attached hydrogens (tertiary/aromatic N) is 1. The lowest BCUT2D eigenvalue weighted by Gasteiger charge is -2.21. The molecular weight excluding hydrogens is 261 g/mol. The zero-order valence-electron chi connectivity index (χ0n) is 12.4. The average Bonchev–Trinajstić information content (AvgIpc) is 2.11. The Morgan fingerprint density at radius 3 is 2.16 bits per heavy atom. The van der Waals surface area contributed by atoms with Crippen LogP contribution in [-0.4, -0.2) is 11.1 Å². The maximum absolute atomic E-state index is 11.7. The molecule has 19 heavy (non-hydrogen) atoms. The van der Waals surface area contributed by atoms with Gasteiger partial charge in [-0.1, -0.05) is 10.8 Å². The smallest absolute Gasteiger partial charge is 0.395 e. The molecule has 0 bridgehead atoms. The van der Waals surface area contributed by atoms with Crippen LogP contribution in [-0.2, 0) is 0 Å². The molecule has 0 spiro atoms. The van der Waals surface area contributed by atoms with E-state index >= 15 is 0 Å². The first-order valence-electron chi connectivity index (χ1n) is 6.22. The van der Waals surface area contributed by atoms with Gasteiger partial charge < -0.3 is 9.63 Å². The lowest BCUT2D eigenvalue weighted by molar-refractivity contribution is -0.169. The fraction of sp³-hybridized carbons (Fsp3) is 0.571. The minimum atomic E-state index is -2.07. The molecule has 0 aliphatic heterocycles. The number of hydrogen-bond acceptors (Lipinski definition) is 4. The topological polar surface area (TPSA) is 53.9 Å². The third kappa shape index (κ3) is 7.14. The van der Waals surface area contributed by atoms with Crippen LogP contribution in [0, 0.1) is 0 Å². The van der Waals surface area contributed by atoms with Gasteiger partial charge in [0.05, 0.1) is 5.54 Å². The zero-order chi connectivity index (χ0) is 14.7. The van der Waals surface area contributed by atoms with E-state index in [9.17, 15) is 4.89 Å². The third-order valence-electron chi connectivity index (χ3n) is 1.79. The second-order valence-corrected chi connectivity index (χ2v) is 7.15. The monoisotopic (exact) mass is 283 g/mol. The molecule has 1 rings (SSSR count). The summed E-state index contributed by atoms with van der Waals surface area (Å²) in [5.41, 5.74) is -0.663. The molecule has 0 radical (unpaired) electrons.